The van der Waals surface area contributed by atoms with E-state index < -0.39 is 11.6 Å². The van der Waals surface area contributed by atoms with Gasteiger partial charge in [0.25, 0.3) is 0 Å². The number of rotatable bonds is 6. The molecule has 1 fully saturated rings. The third-order valence-corrected chi connectivity index (χ3v) is 3.98. The Morgan fingerprint density at radius 1 is 1.25 bits per heavy atom. The van der Waals surface area contributed by atoms with E-state index in [-0.39, 0.29) is 17.9 Å². The van der Waals surface area contributed by atoms with Gasteiger partial charge in [0, 0.05) is 20.2 Å². The van der Waals surface area contributed by atoms with Gasteiger partial charge in [0.2, 0.25) is 0 Å². The number of ether oxygens (including phenoxy) is 1. The summed E-state index contributed by atoms with van der Waals surface area (Å²) in [7, 11) is 1.60. The molecule has 0 radical (unpaired) electrons. The highest BCUT2D eigenvalue weighted by molar-refractivity contribution is 5.74. The number of carboxylic acids is 1. The van der Waals surface area contributed by atoms with Crippen LogP contribution in [0.15, 0.2) is 0 Å². The van der Waals surface area contributed by atoms with Gasteiger partial charge >= 0.3 is 12.0 Å². The average molecular weight is 286 g/mol. The molecule has 1 aliphatic rings. The second-order valence-corrected chi connectivity index (χ2v) is 6.02. The van der Waals surface area contributed by atoms with Crippen molar-refractivity contribution in [3.05, 3.63) is 0 Å². The van der Waals surface area contributed by atoms with E-state index in [2.05, 4.69) is 10.6 Å². The molecule has 116 valence electrons. The summed E-state index contributed by atoms with van der Waals surface area (Å²) in [6, 6.07) is -0.273. The van der Waals surface area contributed by atoms with Gasteiger partial charge in [0.1, 0.15) is 0 Å². The Labute approximate surface area is 120 Å². The van der Waals surface area contributed by atoms with E-state index >= 15 is 0 Å². The van der Waals surface area contributed by atoms with Crippen LogP contribution in [0.4, 0.5) is 4.79 Å². The molecule has 0 spiro atoms. The van der Waals surface area contributed by atoms with Crippen LogP contribution in [0.5, 0.6) is 0 Å². The SMILES string of the molecule is COC(C)(C)CNC(=O)NCC1CCCCC1C(=O)O. The van der Waals surface area contributed by atoms with Crippen molar-refractivity contribution in [2.24, 2.45) is 11.8 Å². The summed E-state index contributed by atoms with van der Waals surface area (Å²) in [6.07, 6.45) is 3.57. The number of amides is 2. The number of carbonyl (C=O) groups excluding carboxylic acids is 1. The summed E-state index contributed by atoms with van der Waals surface area (Å²) in [6.45, 7) is 4.59. The Morgan fingerprint density at radius 3 is 2.50 bits per heavy atom. The zero-order valence-electron chi connectivity index (χ0n) is 12.6. The van der Waals surface area contributed by atoms with Crippen LogP contribution in [0.2, 0.25) is 0 Å². The molecule has 1 aliphatic carbocycles. The highest BCUT2D eigenvalue weighted by atomic mass is 16.5. The van der Waals surface area contributed by atoms with Crippen molar-refractivity contribution in [3.8, 4) is 0 Å². The van der Waals surface area contributed by atoms with Crippen LogP contribution in [-0.2, 0) is 9.53 Å². The van der Waals surface area contributed by atoms with Gasteiger partial charge in [-0.3, -0.25) is 4.79 Å². The summed E-state index contributed by atoms with van der Waals surface area (Å²) in [5.41, 5.74) is -0.411. The topological polar surface area (TPSA) is 87.7 Å². The van der Waals surface area contributed by atoms with E-state index in [1.54, 1.807) is 7.11 Å². The second kappa shape index (κ2) is 7.47. The van der Waals surface area contributed by atoms with Crippen molar-refractivity contribution in [1.29, 1.82) is 0 Å². The summed E-state index contributed by atoms with van der Waals surface area (Å²) in [4.78, 5) is 22.9. The molecular formula is C14H26N2O4. The van der Waals surface area contributed by atoms with E-state index in [1.165, 1.54) is 0 Å². The molecule has 6 nitrogen and oxygen atoms in total. The number of carboxylic acid groups (broad SMARTS) is 1. The molecule has 2 atom stereocenters. The molecule has 2 amide bonds. The van der Waals surface area contributed by atoms with Crippen molar-refractivity contribution in [1.82, 2.24) is 10.6 Å². The van der Waals surface area contributed by atoms with Gasteiger partial charge in [0.05, 0.1) is 11.5 Å². The average Bonchev–Trinajstić information content (AvgIpc) is 2.43. The first-order chi connectivity index (χ1) is 9.35. The van der Waals surface area contributed by atoms with E-state index in [1.807, 2.05) is 13.8 Å². The Balaban J connectivity index is 2.34. The van der Waals surface area contributed by atoms with Crippen molar-refractivity contribution in [3.63, 3.8) is 0 Å². The van der Waals surface area contributed by atoms with Crippen LogP contribution in [0.25, 0.3) is 0 Å². The number of hydrogen-bond donors (Lipinski definition) is 3. The Morgan fingerprint density at radius 2 is 1.90 bits per heavy atom. The van der Waals surface area contributed by atoms with Crippen LogP contribution in [0.3, 0.4) is 0 Å². The van der Waals surface area contributed by atoms with Gasteiger partial charge in [-0.25, -0.2) is 4.79 Å². The zero-order valence-corrected chi connectivity index (χ0v) is 12.6. The van der Waals surface area contributed by atoms with Crippen LogP contribution in [0.1, 0.15) is 39.5 Å². The molecule has 0 saturated heterocycles. The number of methoxy groups -OCH3 is 1. The molecule has 20 heavy (non-hydrogen) atoms. The standard InChI is InChI=1S/C14H26N2O4/c1-14(2,20-3)9-16-13(19)15-8-10-6-4-5-7-11(10)12(17)18/h10-11H,4-9H2,1-3H3,(H,17,18)(H2,15,16,19). The number of urea groups is 1. The van der Waals surface area contributed by atoms with Gasteiger partial charge in [0.15, 0.2) is 0 Å². The summed E-state index contributed by atoms with van der Waals surface area (Å²) < 4.78 is 5.21. The largest absolute Gasteiger partial charge is 0.481 e. The lowest BCUT2D eigenvalue weighted by atomic mass is 9.79. The van der Waals surface area contributed by atoms with Crippen molar-refractivity contribution >= 4 is 12.0 Å². The molecule has 0 aromatic rings. The maximum atomic E-state index is 11.7. The summed E-state index contributed by atoms with van der Waals surface area (Å²) in [5, 5.41) is 14.7. The number of hydrogen-bond acceptors (Lipinski definition) is 3. The Bertz CT molecular complexity index is 344. The van der Waals surface area contributed by atoms with Crippen molar-refractivity contribution in [2.75, 3.05) is 20.2 Å². The molecule has 1 rings (SSSR count). The maximum absolute atomic E-state index is 11.7. The van der Waals surface area contributed by atoms with E-state index in [0.717, 1.165) is 19.3 Å². The predicted molar refractivity (Wildman–Crippen MR) is 75.6 cm³/mol. The fraction of sp³-hybridized carbons (Fsp3) is 0.857. The lowest BCUT2D eigenvalue weighted by Crippen LogP contribution is -2.46. The number of carbonyl (C=O) groups is 2. The smallest absolute Gasteiger partial charge is 0.314 e. The van der Waals surface area contributed by atoms with Crippen LogP contribution >= 0.6 is 0 Å². The minimum absolute atomic E-state index is 0.0300. The third kappa shape index (κ3) is 5.36. The van der Waals surface area contributed by atoms with Crippen LogP contribution in [0, 0.1) is 11.8 Å². The van der Waals surface area contributed by atoms with Crippen LogP contribution < -0.4 is 10.6 Å². The first-order valence-electron chi connectivity index (χ1n) is 7.15. The van der Waals surface area contributed by atoms with E-state index in [9.17, 15) is 14.7 Å². The molecule has 6 heteroatoms. The summed E-state index contributed by atoms with van der Waals surface area (Å²) >= 11 is 0. The molecule has 2 unspecified atom stereocenters. The highest BCUT2D eigenvalue weighted by Gasteiger charge is 2.30. The van der Waals surface area contributed by atoms with Crippen molar-refractivity contribution < 1.29 is 19.4 Å². The fourth-order valence-electron chi connectivity index (χ4n) is 2.43. The second-order valence-electron chi connectivity index (χ2n) is 6.02. The lowest BCUT2D eigenvalue weighted by molar-refractivity contribution is -0.144. The van der Waals surface area contributed by atoms with Gasteiger partial charge < -0.3 is 20.5 Å². The molecule has 0 aliphatic heterocycles. The zero-order chi connectivity index (χ0) is 15.2. The molecule has 0 aromatic carbocycles. The third-order valence-electron chi connectivity index (χ3n) is 3.98. The highest BCUT2D eigenvalue weighted by Crippen LogP contribution is 2.29. The van der Waals surface area contributed by atoms with E-state index in [4.69, 9.17) is 4.74 Å². The van der Waals surface area contributed by atoms with Crippen molar-refractivity contribution in [2.45, 2.75) is 45.1 Å². The predicted octanol–water partition coefficient (Wildman–Crippen LogP) is 1.60. The Kier molecular flexibility index (Phi) is 6.26. The van der Waals surface area contributed by atoms with Gasteiger partial charge in [-0.2, -0.15) is 0 Å². The molecule has 1 saturated carbocycles. The Hall–Kier alpha value is -1.30. The quantitative estimate of drug-likeness (QED) is 0.692. The van der Waals surface area contributed by atoms with Gasteiger partial charge in [-0.1, -0.05) is 12.8 Å². The number of aliphatic carboxylic acids is 1. The molecule has 0 bridgehead atoms. The maximum Gasteiger partial charge on any atom is 0.314 e. The van der Waals surface area contributed by atoms with Gasteiger partial charge in [-0.05, 0) is 32.6 Å². The van der Waals surface area contributed by atoms with Gasteiger partial charge in [-0.15, -0.1) is 0 Å². The first-order valence-corrected chi connectivity index (χ1v) is 7.15. The minimum atomic E-state index is -0.752. The minimum Gasteiger partial charge on any atom is -0.481 e. The lowest BCUT2D eigenvalue weighted by Gasteiger charge is -2.29. The molecule has 3 N–H and O–H groups in total. The monoisotopic (exact) mass is 286 g/mol. The van der Waals surface area contributed by atoms with Crippen LogP contribution in [-0.4, -0.2) is 42.9 Å². The van der Waals surface area contributed by atoms with E-state index in [0.29, 0.717) is 19.5 Å². The summed E-state index contributed by atoms with van der Waals surface area (Å²) in [5.74, 6) is -1.06. The molecular weight excluding hydrogens is 260 g/mol. The molecule has 0 heterocycles. The fourth-order valence-corrected chi connectivity index (χ4v) is 2.43. The normalized spacial score (nSPS) is 23.1. The number of nitrogens with one attached hydrogen (secondary N) is 2. The first kappa shape index (κ1) is 16.8. The molecule has 0 aromatic heterocycles.